The fourth-order valence-corrected chi connectivity index (χ4v) is 1.34. The standard InChI is InChI=1S/C7H12F3NO/c1-5-3-11(2)4-6(12-5)7(8,9)10/h5-6H,3-4H2,1-2H3/t5-,6-/m1/s1. The van der Waals surface area contributed by atoms with E-state index in [-0.39, 0.29) is 12.6 Å². The lowest BCUT2D eigenvalue weighted by Gasteiger charge is -2.35. The highest BCUT2D eigenvalue weighted by Crippen LogP contribution is 2.26. The van der Waals surface area contributed by atoms with E-state index in [0.29, 0.717) is 6.54 Å². The lowest BCUT2D eigenvalue weighted by Crippen LogP contribution is -2.50. The van der Waals surface area contributed by atoms with Crippen molar-refractivity contribution in [3.63, 3.8) is 0 Å². The molecular weight excluding hydrogens is 171 g/mol. The molecular formula is C7H12F3NO. The summed E-state index contributed by atoms with van der Waals surface area (Å²) in [7, 11) is 1.66. The normalized spacial score (nSPS) is 33.8. The molecule has 1 rings (SSSR count). The number of nitrogens with zero attached hydrogens (tertiary/aromatic N) is 1. The van der Waals surface area contributed by atoms with E-state index in [2.05, 4.69) is 0 Å². The van der Waals surface area contributed by atoms with Gasteiger partial charge in [0.15, 0.2) is 6.10 Å². The van der Waals surface area contributed by atoms with Crippen molar-refractivity contribution in [3.05, 3.63) is 0 Å². The molecule has 5 heteroatoms. The Balaban J connectivity index is 2.55. The van der Waals surface area contributed by atoms with Gasteiger partial charge in [-0.05, 0) is 14.0 Å². The number of alkyl halides is 3. The number of halogens is 3. The SMILES string of the molecule is C[C@@H]1CN(C)C[C@H](C(F)(F)F)O1. The van der Waals surface area contributed by atoms with E-state index >= 15 is 0 Å². The van der Waals surface area contributed by atoms with E-state index in [9.17, 15) is 13.2 Å². The minimum absolute atomic E-state index is 0.0617. The minimum atomic E-state index is -4.23. The first kappa shape index (κ1) is 9.80. The van der Waals surface area contributed by atoms with Crippen LogP contribution in [-0.4, -0.2) is 43.4 Å². The molecule has 0 amide bonds. The Morgan fingerprint density at radius 3 is 2.33 bits per heavy atom. The van der Waals surface area contributed by atoms with Gasteiger partial charge < -0.3 is 9.64 Å². The van der Waals surface area contributed by atoms with E-state index in [1.807, 2.05) is 0 Å². The van der Waals surface area contributed by atoms with Crippen LogP contribution in [0, 0.1) is 0 Å². The molecule has 0 unspecified atom stereocenters. The highest BCUT2D eigenvalue weighted by atomic mass is 19.4. The van der Waals surface area contributed by atoms with Crippen molar-refractivity contribution in [1.82, 2.24) is 4.90 Å². The smallest absolute Gasteiger partial charge is 0.363 e. The van der Waals surface area contributed by atoms with Crippen LogP contribution in [0.3, 0.4) is 0 Å². The molecule has 1 aliphatic heterocycles. The highest BCUT2D eigenvalue weighted by molar-refractivity contribution is 4.78. The van der Waals surface area contributed by atoms with Crippen LogP contribution >= 0.6 is 0 Å². The van der Waals surface area contributed by atoms with Crippen molar-refractivity contribution >= 4 is 0 Å². The van der Waals surface area contributed by atoms with Crippen molar-refractivity contribution in [2.24, 2.45) is 0 Å². The zero-order chi connectivity index (χ0) is 9.35. The predicted molar refractivity (Wildman–Crippen MR) is 37.9 cm³/mol. The average molecular weight is 183 g/mol. The molecule has 12 heavy (non-hydrogen) atoms. The van der Waals surface area contributed by atoms with Gasteiger partial charge in [0.1, 0.15) is 0 Å². The van der Waals surface area contributed by atoms with Crippen LogP contribution in [0.4, 0.5) is 13.2 Å². The molecule has 0 aromatic rings. The first-order valence-corrected chi connectivity index (χ1v) is 3.80. The molecule has 0 N–H and O–H groups in total. The topological polar surface area (TPSA) is 12.5 Å². The second kappa shape index (κ2) is 3.22. The molecule has 1 fully saturated rings. The Bertz CT molecular complexity index is 149. The number of ether oxygens (including phenoxy) is 1. The van der Waals surface area contributed by atoms with Crippen LogP contribution in [0.5, 0.6) is 0 Å². The summed E-state index contributed by atoms with van der Waals surface area (Å²) in [6, 6.07) is 0. The fraction of sp³-hybridized carbons (Fsp3) is 1.00. The van der Waals surface area contributed by atoms with Gasteiger partial charge in [0.2, 0.25) is 0 Å². The molecule has 1 saturated heterocycles. The summed E-state index contributed by atoms with van der Waals surface area (Å²) in [4.78, 5) is 1.63. The van der Waals surface area contributed by atoms with Gasteiger partial charge in [-0.25, -0.2) is 0 Å². The number of rotatable bonds is 0. The van der Waals surface area contributed by atoms with Gasteiger partial charge >= 0.3 is 6.18 Å². The summed E-state index contributed by atoms with van der Waals surface area (Å²) in [5.74, 6) is 0. The lowest BCUT2D eigenvalue weighted by atomic mass is 10.2. The predicted octanol–water partition coefficient (Wildman–Crippen LogP) is 1.27. The summed E-state index contributed by atoms with van der Waals surface area (Å²) in [6.45, 7) is 2.15. The Kier molecular flexibility index (Phi) is 2.63. The Hall–Kier alpha value is -0.290. The van der Waals surface area contributed by atoms with Crippen LogP contribution in [0.1, 0.15) is 6.92 Å². The van der Waals surface area contributed by atoms with Gasteiger partial charge in [0, 0.05) is 13.1 Å². The van der Waals surface area contributed by atoms with Crippen LogP contribution in [0.15, 0.2) is 0 Å². The summed E-state index contributed by atoms with van der Waals surface area (Å²) < 4.78 is 41.2. The van der Waals surface area contributed by atoms with Gasteiger partial charge in [-0.1, -0.05) is 0 Å². The fourth-order valence-electron chi connectivity index (χ4n) is 1.34. The second-order valence-electron chi connectivity index (χ2n) is 3.20. The van der Waals surface area contributed by atoms with Crippen molar-refractivity contribution in [2.75, 3.05) is 20.1 Å². The Morgan fingerprint density at radius 2 is 1.92 bits per heavy atom. The van der Waals surface area contributed by atoms with E-state index in [1.54, 1.807) is 18.9 Å². The molecule has 0 saturated carbocycles. The number of morpholine rings is 1. The third-order valence-electron chi connectivity index (χ3n) is 1.81. The molecule has 2 nitrogen and oxygen atoms in total. The van der Waals surface area contributed by atoms with Crippen molar-refractivity contribution in [1.29, 1.82) is 0 Å². The number of hydrogen-bond acceptors (Lipinski definition) is 2. The summed E-state index contributed by atoms with van der Waals surface area (Å²) in [6.07, 6.45) is -6.19. The largest absolute Gasteiger partial charge is 0.415 e. The molecule has 0 aromatic carbocycles. The third-order valence-corrected chi connectivity index (χ3v) is 1.81. The van der Waals surface area contributed by atoms with Crippen molar-refractivity contribution in [3.8, 4) is 0 Å². The van der Waals surface area contributed by atoms with E-state index in [4.69, 9.17) is 4.74 Å². The average Bonchev–Trinajstić information content (AvgIpc) is 1.82. The molecule has 0 aromatic heterocycles. The van der Waals surface area contributed by atoms with Crippen LogP contribution in [-0.2, 0) is 4.74 Å². The van der Waals surface area contributed by atoms with Gasteiger partial charge in [0.05, 0.1) is 6.10 Å². The van der Waals surface area contributed by atoms with Gasteiger partial charge in [0.25, 0.3) is 0 Å². The second-order valence-corrected chi connectivity index (χ2v) is 3.20. The summed E-state index contributed by atoms with van der Waals surface area (Å²) in [5, 5.41) is 0. The number of hydrogen-bond donors (Lipinski definition) is 0. The van der Waals surface area contributed by atoms with E-state index in [0.717, 1.165) is 0 Å². The molecule has 0 spiro atoms. The lowest BCUT2D eigenvalue weighted by molar-refractivity contribution is -0.249. The van der Waals surface area contributed by atoms with Crippen LogP contribution < -0.4 is 0 Å². The first-order chi connectivity index (χ1) is 5.39. The van der Waals surface area contributed by atoms with Crippen LogP contribution in [0.2, 0.25) is 0 Å². The maximum Gasteiger partial charge on any atom is 0.415 e. The molecule has 0 aliphatic carbocycles. The third kappa shape index (κ3) is 2.35. The number of likely N-dealkylation sites (N-methyl/N-ethyl adjacent to an activating group) is 1. The minimum Gasteiger partial charge on any atom is -0.363 e. The van der Waals surface area contributed by atoms with Crippen LogP contribution in [0.25, 0.3) is 0 Å². The molecule has 1 heterocycles. The van der Waals surface area contributed by atoms with Gasteiger partial charge in [-0.2, -0.15) is 13.2 Å². The summed E-state index contributed by atoms with van der Waals surface area (Å²) >= 11 is 0. The molecule has 2 atom stereocenters. The Morgan fingerprint density at radius 1 is 1.33 bits per heavy atom. The molecule has 0 bridgehead atoms. The van der Waals surface area contributed by atoms with Gasteiger partial charge in [-0.15, -0.1) is 0 Å². The zero-order valence-electron chi connectivity index (χ0n) is 7.06. The van der Waals surface area contributed by atoms with E-state index in [1.165, 1.54) is 0 Å². The van der Waals surface area contributed by atoms with Crippen molar-refractivity contribution in [2.45, 2.75) is 25.3 Å². The van der Waals surface area contributed by atoms with Gasteiger partial charge in [-0.3, -0.25) is 0 Å². The quantitative estimate of drug-likeness (QED) is 0.560. The highest BCUT2D eigenvalue weighted by Gasteiger charge is 2.44. The summed E-state index contributed by atoms with van der Waals surface area (Å²) in [5.41, 5.74) is 0. The molecule has 1 aliphatic rings. The maximum atomic E-state index is 12.1. The first-order valence-electron chi connectivity index (χ1n) is 3.80. The van der Waals surface area contributed by atoms with Crippen molar-refractivity contribution < 1.29 is 17.9 Å². The van der Waals surface area contributed by atoms with E-state index < -0.39 is 12.3 Å². The monoisotopic (exact) mass is 183 g/mol. The zero-order valence-corrected chi connectivity index (χ0v) is 7.06. The Labute approximate surface area is 69.3 Å². The molecule has 0 radical (unpaired) electrons. The molecule has 72 valence electrons. The maximum absolute atomic E-state index is 12.1.